The van der Waals surface area contributed by atoms with Crippen LogP contribution in [0.4, 0.5) is 0 Å². The van der Waals surface area contributed by atoms with E-state index in [-0.39, 0.29) is 4.90 Å². The maximum Gasteiger partial charge on any atom is 0.363 e. The first-order valence-corrected chi connectivity index (χ1v) is 4.82. The molecule has 13 heavy (non-hydrogen) atoms. The minimum absolute atomic E-state index is 0.226. The van der Waals surface area contributed by atoms with Crippen LogP contribution in [0.3, 0.4) is 0 Å². The molecule has 4 heteroatoms. The van der Waals surface area contributed by atoms with Crippen molar-refractivity contribution in [3.63, 3.8) is 0 Å². The molecule has 1 rings (SSSR count). The zero-order chi connectivity index (χ0) is 10.9. The van der Waals surface area contributed by atoms with Crippen LogP contribution in [-0.4, -0.2) is 7.05 Å². The van der Waals surface area contributed by atoms with Crippen LogP contribution in [0.2, 0.25) is 0 Å². The Hall–Kier alpha value is -0.610. The van der Waals surface area contributed by atoms with Gasteiger partial charge in [-0.1, -0.05) is 20.8 Å². The van der Waals surface area contributed by atoms with Gasteiger partial charge in [0.15, 0.2) is 0 Å². The molecule has 0 spiro atoms. The number of aryl methyl sites for hydroxylation is 2. The summed E-state index contributed by atoms with van der Waals surface area (Å²) in [7, 11) is 1.50. The molecule has 3 nitrogen and oxygen atoms in total. The predicted octanol–water partition coefficient (Wildman–Crippen LogP) is 3.07. The molecule has 0 fully saturated rings. The largest absolute Gasteiger partial charge is 0.419 e. The van der Waals surface area contributed by atoms with Crippen molar-refractivity contribution < 1.29 is 8.83 Å². The second-order valence-corrected chi connectivity index (χ2v) is 2.12. The van der Waals surface area contributed by atoms with Crippen molar-refractivity contribution in [2.45, 2.75) is 34.1 Å². The minimum atomic E-state index is 0.226. The molecule has 0 aliphatic rings. The highest BCUT2D eigenvalue weighted by Crippen LogP contribution is 2.10. The number of hydrogen-bond donors (Lipinski definition) is 1. The molecule has 1 heterocycles. The summed E-state index contributed by atoms with van der Waals surface area (Å²) in [6.45, 7) is 7.84. The lowest BCUT2D eigenvalue weighted by molar-refractivity contribution is 0.402. The summed E-state index contributed by atoms with van der Waals surface area (Å²) in [5.41, 5.74) is 4.50. The maximum absolute atomic E-state index is 5.01. The molecule has 0 saturated heterocycles. The van der Waals surface area contributed by atoms with Crippen LogP contribution in [0.25, 0.3) is 0 Å². The van der Waals surface area contributed by atoms with Crippen molar-refractivity contribution in [3.05, 3.63) is 16.4 Å². The molecule has 0 radical (unpaired) electrons. The van der Waals surface area contributed by atoms with Gasteiger partial charge in [-0.05, 0) is 14.0 Å². The van der Waals surface area contributed by atoms with E-state index < -0.39 is 0 Å². The van der Waals surface area contributed by atoms with Gasteiger partial charge in [0.05, 0.1) is 0 Å². The Morgan fingerprint density at radius 3 is 1.85 bits per heavy atom. The molecular formula is C9H19NO2S. The van der Waals surface area contributed by atoms with Gasteiger partial charge in [-0.3, -0.25) is 0 Å². The molecule has 0 unspecified atom stereocenters. The Balaban J connectivity index is 0. The fourth-order valence-electron chi connectivity index (χ4n) is 0.696. The van der Waals surface area contributed by atoms with Crippen molar-refractivity contribution in [2.24, 2.45) is 5.73 Å². The second-order valence-electron chi connectivity index (χ2n) is 1.79. The Morgan fingerprint density at radius 2 is 1.69 bits per heavy atom. The normalized spacial score (nSPS) is 7.85. The van der Waals surface area contributed by atoms with Crippen LogP contribution in [0.15, 0.2) is 8.83 Å². The number of rotatable bonds is 1. The van der Waals surface area contributed by atoms with Gasteiger partial charge in [0.25, 0.3) is 0 Å². The first kappa shape index (κ1) is 14.9. The third-order valence-corrected chi connectivity index (χ3v) is 1.32. The number of hydrogen-bond acceptors (Lipinski definition) is 4. The molecule has 0 saturated carbocycles. The quantitative estimate of drug-likeness (QED) is 0.716. The molecule has 78 valence electrons. The molecule has 1 aromatic rings. The first-order chi connectivity index (χ1) is 6.24. The average molecular weight is 205 g/mol. The molecule has 0 aromatic carbocycles. The minimum Gasteiger partial charge on any atom is -0.419 e. The Morgan fingerprint density at radius 1 is 1.23 bits per heavy atom. The predicted molar refractivity (Wildman–Crippen MR) is 57.4 cm³/mol. The van der Waals surface area contributed by atoms with Crippen LogP contribution in [-0.2, 0) is 6.42 Å². The van der Waals surface area contributed by atoms with E-state index in [1.165, 1.54) is 7.05 Å². The summed E-state index contributed by atoms with van der Waals surface area (Å²) in [6.07, 6.45) is 0.839. The molecule has 0 bridgehead atoms. The molecule has 1 aromatic heterocycles. The zero-order valence-corrected chi connectivity index (χ0v) is 9.83. The Labute approximate surface area is 84.9 Å². The van der Waals surface area contributed by atoms with E-state index in [0.29, 0.717) is 0 Å². The monoisotopic (exact) mass is 205 g/mol. The lowest BCUT2D eigenvalue weighted by Crippen LogP contribution is -1.75. The van der Waals surface area contributed by atoms with E-state index in [9.17, 15) is 0 Å². The summed E-state index contributed by atoms with van der Waals surface area (Å²) in [5.74, 6) is 1.64. The van der Waals surface area contributed by atoms with Crippen molar-refractivity contribution in [3.8, 4) is 0 Å². The molecule has 0 atom stereocenters. The summed E-state index contributed by atoms with van der Waals surface area (Å²) in [5, 5.41) is 0. The average Bonchev–Trinajstić information content (AvgIpc) is 2.51. The lowest BCUT2D eigenvalue weighted by atomic mass is 10.3. The molecule has 0 aliphatic heterocycles. The third-order valence-electron chi connectivity index (χ3n) is 1.16. The highest BCUT2D eigenvalue weighted by molar-refractivity contribution is 7.71. The highest BCUT2D eigenvalue weighted by Gasteiger charge is 2.01. The summed E-state index contributed by atoms with van der Waals surface area (Å²) < 4.78 is 9.97. The topological polar surface area (TPSA) is 52.3 Å². The van der Waals surface area contributed by atoms with Crippen molar-refractivity contribution in [2.75, 3.05) is 7.05 Å². The first-order valence-electron chi connectivity index (χ1n) is 4.41. The van der Waals surface area contributed by atoms with Gasteiger partial charge in [-0.2, -0.15) is 0 Å². The van der Waals surface area contributed by atoms with E-state index >= 15 is 0 Å². The Kier molecular flexibility index (Phi) is 10.9. The zero-order valence-electron chi connectivity index (χ0n) is 9.01. The van der Waals surface area contributed by atoms with Gasteiger partial charge in [0.1, 0.15) is 11.5 Å². The maximum atomic E-state index is 5.01. The van der Waals surface area contributed by atoms with Gasteiger partial charge >= 0.3 is 4.90 Å². The molecular weight excluding hydrogens is 186 g/mol. The molecule has 2 N–H and O–H groups in total. The SMILES string of the molecule is CC.CCc1oc(=S)oc1C.CN. The van der Waals surface area contributed by atoms with E-state index in [1.807, 2.05) is 27.7 Å². The van der Waals surface area contributed by atoms with Crippen LogP contribution >= 0.6 is 12.2 Å². The fraction of sp³-hybridized carbons (Fsp3) is 0.667. The van der Waals surface area contributed by atoms with Gasteiger partial charge in [0, 0.05) is 18.6 Å². The smallest absolute Gasteiger partial charge is 0.363 e. The fourth-order valence-corrected chi connectivity index (χ4v) is 0.922. The van der Waals surface area contributed by atoms with E-state index in [1.54, 1.807) is 0 Å². The van der Waals surface area contributed by atoms with E-state index in [4.69, 9.17) is 8.83 Å². The van der Waals surface area contributed by atoms with Crippen molar-refractivity contribution >= 4 is 12.2 Å². The van der Waals surface area contributed by atoms with E-state index in [0.717, 1.165) is 17.9 Å². The van der Waals surface area contributed by atoms with Gasteiger partial charge in [0.2, 0.25) is 0 Å². The van der Waals surface area contributed by atoms with Crippen LogP contribution in [0.5, 0.6) is 0 Å². The summed E-state index contributed by atoms with van der Waals surface area (Å²) >= 11 is 4.65. The summed E-state index contributed by atoms with van der Waals surface area (Å²) in [6, 6.07) is 0. The van der Waals surface area contributed by atoms with Crippen LogP contribution in [0, 0.1) is 11.8 Å². The Bertz CT molecular complexity index is 252. The third kappa shape index (κ3) is 5.60. The highest BCUT2D eigenvalue weighted by atomic mass is 32.1. The van der Waals surface area contributed by atoms with Crippen molar-refractivity contribution in [1.29, 1.82) is 0 Å². The van der Waals surface area contributed by atoms with Gasteiger partial charge < -0.3 is 14.6 Å². The van der Waals surface area contributed by atoms with Crippen LogP contribution in [0.1, 0.15) is 32.3 Å². The lowest BCUT2D eigenvalue weighted by Gasteiger charge is -1.82. The van der Waals surface area contributed by atoms with Gasteiger partial charge in [-0.15, -0.1) is 0 Å². The van der Waals surface area contributed by atoms with Gasteiger partial charge in [-0.25, -0.2) is 0 Å². The standard InChI is InChI=1S/C6H8O2S.C2H6.CH5N/c1-3-5-4(2)7-6(9)8-5;2*1-2/h3H2,1-2H3;1-2H3;2H2,1H3. The molecule has 0 aliphatic carbocycles. The van der Waals surface area contributed by atoms with E-state index in [2.05, 4.69) is 18.0 Å². The molecule has 0 amide bonds. The number of nitrogens with two attached hydrogens (primary N) is 1. The second kappa shape index (κ2) is 9.48. The van der Waals surface area contributed by atoms with Crippen molar-refractivity contribution in [1.82, 2.24) is 0 Å². The summed E-state index contributed by atoms with van der Waals surface area (Å²) in [4.78, 5) is 0.226. The van der Waals surface area contributed by atoms with Crippen LogP contribution < -0.4 is 5.73 Å².